The van der Waals surface area contributed by atoms with E-state index in [0.717, 1.165) is 0 Å². The van der Waals surface area contributed by atoms with Crippen molar-refractivity contribution in [3.8, 4) is 0 Å². The van der Waals surface area contributed by atoms with Crippen molar-refractivity contribution in [2.75, 3.05) is 33.7 Å². The van der Waals surface area contributed by atoms with Gasteiger partial charge in [0.15, 0.2) is 0 Å². The second-order valence-corrected chi connectivity index (χ2v) is 7.76. The van der Waals surface area contributed by atoms with Crippen LogP contribution < -0.4 is 5.56 Å². The minimum absolute atomic E-state index is 0.00370. The smallest absolute Gasteiger partial charge is 0.320 e. The van der Waals surface area contributed by atoms with Gasteiger partial charge in [0.05, 0.1) is 12.4 Å². The molecule has 3 amide bonds. The summed E-state index contributed by atoms with van der Waals surface area (Å²) in [6, 6.07) is 5.77. The lowest BCUT2D eigenvalue weighted by Gasteiger charge is -2.31. The zero-order valence-corrected chi connectivity index (χ0v) is 16.2. The van der Waals surface area contributed by atoms with Crippen LogP contribution in [0.2, 0.25) is 0 Å². The number of fused-ring (bicyclic) bond motifs is 1. The van der Waals surface area contributed by atoms with E-state index in [9.17, 15) is 18.8 Å². The third kappa shape index (κ3) is 3.37. The SMILES string of the molecule is CN(C)C(=O)N1C[C@H]2CN(C(=O)c3cnc[nH]c3=O)C[C@H]2[C@@H]1c1cccc(F)c1. The molecule has 1 aromatic carbocycles. The van der Waals surface area contributed by atoms with Crippen LogP contribution in [0.3, 0.4) is 0 Å². The highest BCUT2D eigenvalue weighted by Crippen LogP contribution is 2.45. The van der Waals surface area contributed by atoms with Gasteiger partial charge < -0.3 is 19.7 Å². The van der Waals surface area contributed by atoms with Crippen LogP contribution in [0.25, 0.3) is 0 Å². The highest BCUT2D eigenvalue weighted by Gasteiger charge is 2.50. The maximum absolute atomic E-state index is 13.9. The number of likely N-dealkylation sites (tertiary alicyclic amines) is 2. The van der Waals surface area contributed by atoms with E-state index in [1.807, 2.05) is 6.07 Å². The van der Waals surface area contributed by atoms with Crippen molar-refractivity contribution >= 4 is 11.9 Å². The summed E-state index contributed by atoms with van der Waals surface area (Å²) in [7, 11) is 3.37. The fraction of sp³-hybridized carbons (Fsp3) is 0.400. The number of nitrogens with one attached hydrogen (secondary N) is 1. The minimum Gasteiger partial charge on any atom is -0.338 e. The molecule has 2 aliphatic rings. The Morgan fingerprint density at radius 1 is 1.24 bits per heavy atom. The normalized spacial score (nSPS) is 23.2. The van der Waals surface area contributed by atoms with Crippen LogP contribution in [0, 0.1) is 17.7 Å². The van der Waals surface area contributed by atoms with Gasteiger partial charge in [0.1, 0.15) is 11.4 Å². The summed E-state index contributed by atoms with van der Waals surface area (Å²) in [6.07, 6.45) is 2.50. The molecule has 0 saturated carbocycles. The molecule has 8 nitrogen and oxygen atoms in total. The number of halogens is 1. The second-order valence-electron chi connectivity index (χ2n) is 7.76. The maximum Gasteiger partial charge on any atom is 0.320 e. The van der Waals surface area contributed by atoms with Crippen LogP contribution in [0.15, 0.2) is 41.6 Å². The third-order valence-corrected chi connectivity index (χ3v) is 5.72. The first kappa shape index (κ1) is 19.1. The molecule has 2 aliphatic heterocycles. The van der Waals surface area contributed by atoms with Gasteiger partial charge in [-0.2, -0.15) is 0 Å². The Bertz CT molecular complexity index is 1010. The lowest BCUT2D eigenvalue weighted by atomic mass is 9.89. The third-order valence-electron chi connectivity index (χ3n) is 5.72. The van der Waals surface area contributed by atoms with Crippen LogP contribution >= 0.6 is 0 Å². The molecule has 3 heterocycles. The van der Waals surface area contributed by atoms with E-state index < -0.39 is 5.56 Å². The molecule has 0 spiro atoms. The van der Waals surface area contributed by atoms with Gasteiger partial charge in [-0.05, 0) is 17.7 Å². The first-order valence-electron chi connectivity index (χ1n) is 9.42. The summed E-state index contributed by atoms with van der Waals surface area (Å²) in [5.74, 6) is -0.736. The Kier molecular flexibility index (Phi) is 4.81. The predicted molar refractivity (Wildman–Crippen MR) is 103 cm³/mol. The average molecular weight is 399 g/mol. The number of rotatable bonds is 2. The standard InChI is InChI=1S/C20H22FN5O3/c1-24(2)20(29)26-9-13-8-25(19(28)15-7-22-11-23-18(15)27)10-16(13)17(26)12-4-3-5-14(21)6-12/h3-7,11,13,16-17H,8-10H2,1-2H3,(H,22,23,27)/t13-,16-,17+/m1/s1. The number of hydrogen-bond donors (Lipinski definition) is 1. The lowest BCUT2D eigenvalue weighted by Crippen LogP contribution is -2.42. The Balaban J connectivity index is 1.64. The largest absolute Gasteiger partial charge is 0.338 e. The molecular formula is C20H22FN5O3. The number of amides is 3. The van der Waals surface area contributed by atoms with Crippen molar-refractivity contribution in [3.63, 3.8) is 0 Å². The number of aromatic nitrogens is 2. The Morgan fingerprint density at radius 2 is 2.03 bits per heavy atom. The van der Waals surface area contributed by atoms with E-state index in [2.05, 4.69) is 9.97 Å². The minimum atomic E-state index is -0.479. The van der Waals surface area contributed by atoms with E-state index >= 15 is 0 Å². The number of aromatic amines is 1. The number of H-pyrrole nitrogens is 1. The van der Waals surface area contributed by atoms with E-state index in [0.29, 0.717) is 25.2 Å². The monoisotopic (exact) mass is 399 g/mol. The zero-order chi connectivity index (χ0) is 20.7. The van der Waals surface area contributed by atoms with Gasteiger partial charge in [-0.15, -0.1) is 0 Å². The molecule has 2 fully saturated rings. The quantitative estimate of drug-likeness (QED) is 0.825. The fourth-order valence-corrected chi connectivity index (χ4v) is 4.45. The topological polar surface area (TPSA) is 89.6 Å². The van der Waals surface area contributed by atoms with Crippen molar-refractivity contribution in [3.05, 3.63) is 64.1 Å². The van der Waals surface area contributed by atoms with Gasteiger partial charge in [-0.3, -0.25) is 9.59 Å². The van der Waals surface area contributed by atoms with Gasteiger partial charge in [0, 0.05) is 51.8 Å². The Morgan fingerprint density at radius 3 is 2.72 bits per heavy atom. The molecule has 9 heteroatoms. The second kappa shape index (κ2) is 7.31. The van der Waals surface area contributed by atoms with Crippen molar-refractivity contribution in [1.29, 1.82) is 0 Å². The Labute approximate surface area is 166 Å². The summed E-state index contributed by atoms with van der Waals surface area (Å²) in [4.78, 5) is 48.7. The molecule has 3 atom stereocenters. The molecule has 29 heavy (non-hydrogen) atoms. The number of carbonyl (C=O) groups is 2. The van der Waals surface area contributed by atoms with Crippen molar-refractivity contribution in [1.82, 2.24) is 24.7 Å². The predicted octanol–water partition coefficient (Wildman–Crippen LogP) is 1.34. The number of carbonyl (C=O) groups excluding carboxylic acids is 2. The highest BCUT2D eigenvalue weighted by molar-refractivity contribution is 5.93. The highest BCUT2D eigenvalue weighted by atomic mass is 19.1. The summed E-state index contributed by atoms with van der Waals surface area (Å²) in [5.41, 5.74) is 0.227. The van der Waals surface area contributed by atoms with Crippen LogP contribution in [0.5, 0.6) is 0 Å². The molecule has 0 aliphatic carbocycles. The summed E-state index contributed by atoms with van der Waals surface area (Å²) in [5, 5.41) is 0. The molecule has 2 saturated heterocycles. The molecule has 1 N–H and O–H groups in total. The van der Waals surface area contributed by atoms with Crippen molar-refractivity contribution < 1.29 is 14.0 Å². The van der Waals surface area contributed by atoms with Crippen LogP contribution in [0.4, 0.5) is 9.18 Å². The number of nitrogens with zero attached hydrogens (tertiary/aromatic N) is 4. The first-order chi connectivity index (χ1) is 13.9. The first-order valence-corrected chi connectivity index (χ1v) is 9.42. The molecule has 0 unspecified atom stereocenters. The van der Waals surface area contributed by atoms with Crippen LogP contribution in [-0.4, -0.2) is 70.3 Å². The summed E-state index contributed by atoms with van der Waals surface area (Å²) < 4.78 is 13.9. The van der Waals surface area contributed by atoms with E-state index in [-0.39, 0.29) is 41.2 Å². The van der Waals surface area contributed by atoms with E-state index in [1.54, 1.807) is 30.0 Å². The summed E-state index contributed by atoms with van der Waals surface area (Å²) >= 11 is 0. The van der Waals surface area contributed by atoms with Gasteiger partial charge in [0.2, 0.25) is 0 Å². The molecule has 152 valence electrons. The van der Waals surface area contributed by atoms with Crippen LogP contribution in [0.1, 0.15) is 22.0 Å². The Hall–Kier alpha value is -3.23. The van der Waals surface area contributed by atoms with Crippen LogP contribution in [-0.2, 0) is 0 Å². The van der Waals surface area contributed by atoms with Gasteiger partial charge in [0.25, 0.3) is 11.5 Å². The molecule has 0 bridgehead atoms. The zero-order valence-electron chi connectivity index (χ0n) is 16.2. The average Bonchev–Trinajstić information content (AvgIpc) is 3.25. The van der Waals surface area contributed by atoms with Crippen molar-refractivity contribution in [2.45, 2.75) is 6.04 Å². The van der Waals surface area contributed by atoms with Gasteiger partial charge in [-0.1, -0.05) is 12.1 Å². The lowest BCUT2D eigenvalue weighted by molar-refractivity contribution is 0.0764. The van der Waals surface area contributed by atoms with E-state index in [4.69, 9.17) is 0 Å². The molecular weight excluding hydrogens is 377 g/mol. The maximum atomic E-state index is 13.9. The van der Waals surface area contributed by atoms with Gasteiger partial charge in [-0.25, -0.2) is 14.2 Å². The van der Waals surface area contributed by atoms with Crippen molar-refractivity contribution in [2.24, 2.45) is 11.8 Å². The number of benzene rings is 1. The molecule has 4 rings (SSSR count). The van der Waals surface area contributed by atoms with E-state index in [1.165, 1.54) is 29.6 Å². The number of urea groups is 1. The fourth-order valence-electron chi connectivity index (χ4n) is 4.45. The molecule has 1 aromatic heterocycles. The summed E-state index contributed by atoms with van der Waals surface area (Å²) in [6.45, 7) is 1.28. The molecule has 0 radical (unpaired) electrons. The van der Waals surface area contributed by atoms with Gasteiger partial charge >= 0.3 is 6.03 Å². The molecule has 2 aromatic rings. The number of hydrogen-bond acceptors (Lipinski definition) is 4.